The van der Waals surface area contributed by atoms with Gasteiger partial charge in [0.15, 0.2) is 17.5 Å². The second kappa shape index (κ2) is 10.6. The molecule has 0 radical (unpaired) electrons. The average molecular weight is 535 g/mol. The zero-order valence-corrected chi connectivity index (χ0v) is 21.6. The molecule has 3 aromatic rings. The largest absolute Gasteiger partial charge is 0.497 e. The lowest BCUT2D eigenvalue weighted by Crippen LogP contribution is -2.37. The minimum atomic E-state index is -3.43. The molecule has 7 nitrogen and oxygen atoms in total. The van der Waals surface area contributed by atoms with Crippen molar-refractivity contribution >= 4 is 21.5 Å². The van der Waals surface area contributed by atoms with Gasteiger partial charge in [-0.1, -0.05) is 19.1 Å². The molecule has 0 saturated heterocycles. The van der Waals surface area contributed by atoms with Gasteiger partial charge < -0.3 is 14.6 Å². The summed E-state index contributed by atoms with van der Waals surface area (Å²) in [4.78, 5) is 13.3. The maximum Gasteiger partial charge on any atom is 0.272 e. The maximum atomic E-state index is 13.6. The highest BCUT2D eigenvalue weighted by atomic mass is 32.2. The van der Waals surface area contributed by atoms with Gasteiger partial charge >= 0.3 is 0 Å². The first-order valence-electron chi connectivity index (χ1n) is 11.8. The van der Waals surface area contributed by atoms with E-state index in [4.69, 9.17) is 9.52 Å². The monoisotopic (exact) mass is 534 g/mol. The van der Waals surface area contributed by atoms with Crippen LogP contribution in [0.3, 0.4) is 0 Å². The first-order valence-corrected chi connectivity index (χ1v) is 13.4. The number of hydrogen-bond acceptors (Lipinski definition) is 4. The molecule has 0 spiro atoms. The van der Waals surface area contributed by atoms with Crippen LogP contribution in [0.4, 0.5) is 18.9 Å². The predicted molar refractivity (Wildman–Crippen MR) is 135 cm³/mol. The van der Waals surface area contributed by atoms with Gasteiger partial charge in [-0.05, 0) is 49.3 Å². The number of fused-ring (bicyclic) bond motifs is 1. The molecule has 3 N–H and O–H groups in total. The molecule has 0 saturated carbocycles. The van der Waals surface area contributed by atoms with Crippen LogP contribution in [0, 0.1) is 28.1 Å². The van der Waals surface area contributed by atoms with Crippen LogP contribution >= 0.6 is 0 Å². The first-order chi connectivity index (χ1) is 17.5. The van der Waals surface area contributed by atoms with Gasteiger partial charge in [0.05, 0.1) is 12.0 Å². The minimum Gasteiger partial charge on any atom is -0.497 e. The van der Waals surface area contributed by atoms with Crippen molar-refractivity contribution in [1.82, 2.24) is 9.29 Å². The van der Waals surface area contributed by atoms with Crippen LogP contribution in [0.5, 0.6) is 5.75 Å². The van der Waals surface area contributed by atoms with Crippen molar-refractivity contribution in [1.29, 1.82) is 4.78 Å². The first kappa shape index (κ1) is 26.7. The van der Waals surface area contributed by atoms with Crippen molar-refractivity contribution in [2.75, 3.05) is 12.4 Å². The molecular weight excluding hydrogens is 505 g/mol. The Morgan fingerprint density at radius 3 is 2.51 bits per heavy atom. The second-order valence-corrected chi connectivity index (χ2v) is 11.1. The Morgan fingerprint density at radius 2 is 1.89 bits per heavy atom. The lowest BCUT2D eigenvalue weighted by molar-refractivity contribution is 0.101. The minimum absolute atomic E-state index is 0.0912. The lowest BCUT2D eigenvalue weighted by atomic mass is 9.91. The van der Waals surface area contributed by atoms with Gasteiger partial charge in [-0.25, -0.2) is 26.9 Å². The van der Waals surface area contributed by atoms with E-state index in [1.807, 2.05) is 31.2 Å². The molecule has 11 heteroatoms. The Balaban J connectivity index is 1.51. The summed E-state index contributed by atoms with van der Waals surface area (Å²) in [6.07, 6.45) is 3.99. The molecule has 0 aliphatic carbocycles. The summed E-state index contributed by atoms with van der Waals surface area (Å²) < 4.78 is 72.2. The molecule has 1 aromatic heterocycles. The molecule has 1 aliphatic heterocycles. The number of rotatable bonds is 7. The second-order valence-electron chi connectivity index (χ2n) is 9.32. The van der Waals surface area contributed by atoms with Crippen LogP contribution in [-0.4, -0.2) is 27.8 Å². The van der Waals surface area contributed by atoms with Gasteiger partial charge in [0.1, 0.15) is 21.4 Å². The van der Waals surface area contributed by atoms with Gasteiger partial charge in [-0.15, -0.1) is 0 Å². The molecule has 37 heavy (non-hydrogen) atoms. The summed E-state index contributed by atoms with van der Waals surface area (Å²) in [6.45, 7) is 2.04. The van der Waals surface area contributed by atoms with Crippen LogP contribution in [-0.2, 0) is 29.8 Å². The van der Waals surface area contributed by atoms with Gasteiger partial charge in [-0.2, -0.15) is 0 Å². The van der Waals surface area contributed by atoms with E-state index < -0.39 is 33.3 Å². The highest BCUT2D eigenvalue weighted by Crippen LogP contribution is 2.31. The third-order valence-electron chi connectivity index (χ3n) is 6.77. The molecule has 198 valence electrons. The molecule has 3 atom stereocenters. The fourth-order valence-electron chi connectivity index (χ4n) is 4.68. The summed E-state index contributed by atoms with van der Waals surface area (Å²) >= 11 is 0. The topological polar surface area (TPSA) is 96.2 Å². The van der Waals surface area contributed by atoms with Crippen LogP contribution < -0.4 is 14.8 Å². The summed E-state index contributed by atoms with van der Waals surface area (Å²) in [7, 11) is -0.246. The van der Waals surface area contributed by atoms with Crippen LogP contribution in [0.2, 0.25) is 0 Å². The van der Waals surface area contributed by atoms with Gasteiger partial charge in [0, 0.05) is 42.7 Å². The number of aryl methyl sites for hydroxylation is 2. The number of halogens is 3. The van der Waals surface area contributed by atoms with E-state index in [2.05, 4.69) is 10.0 Å². The van der Waals surface area contributed by atoms with E-state index >= 15 is 0 Å². The third-order valence-corrected chi connectivity index (χ3v) is 8.38. The number of amides is 1. The molecular formula is C26H29F3N4O3S. The molecule has 0 bridgehead atoms. The molecule has 2 aromatic carbocycles. The molecule has 1 aliphatic rings. The van der Waals surface area contributed by atoms with Gasteiger partial charge in [0.25, 0.3) is 5.91 Å². The van der Waals surface area contributed by atoms with E-state index in [1.165, 1.54) is 10.8 Å². The van der Waals surface area contributed by atoms with E-state index in [9.17, 15) is 22.2 Å². The number of nitrogens with one attached hydrogen (secondary N) is 3. The molecule has 1 amide bonds. The standard InChI is InChI=1S/C26H29F3N4O3S/c1-15(4-5-16-6-8-18(36-3)9-7-16)22-11-10-19-23(37(30,35)32-22)14-33(2)25(19)26(34)31-17-12-20(27)24(29)21(28)13-17/h6-9,12-15,22H,4-5,10-11H2,1-3H3,(H,31,34)(H2,30,32,35)/t15-,22+,37?/m0/s1. The third kappa shape index (κ3) is 5.67. The predicted octanol–water partition coefficient (Wildman–Crippen LogP) is 5.20. The SMILES string of the molecule is COc1ccc(CC[C@H](C)[C@H]2CCc3c(cn(C)c3C(=O)Nc3cc(F)c(F)c(F)c3)S(=N)(=O)N2)cc1. The number of carbonyl (C=O) groups is 1. The molecule has 2 heterocycles. The summed E-state index contributed by atoms with van der Waals surface area (Å²) in [5.41, 5.74) is 1.47. The number of ether oxygens (including phenoxy) is 1. The van der Waals surface area contributed by atoms with Crippen molar-refractivity contribution in [2.45, 2.75) is 43.5 Å². The normalized spacial score (nSPS) is 20.1. The fourth-order valence-corrected chi connectivity index (χ4v) is 6.43. The zero-order valence-electron chi connectivity index (χ0n) is 20.7. The van der Waals surface area contributed by atoms with Gasteiger partial charge in [0.2, 0.25) is 0 Å². The van der Waals surface area contributed by atoms with E-state index in [0.29, 0.717) is 30.5 Å². The van der Waals surface area contributed by atoms with Crippen molar-refractivity contribution in [3.8, 4) is 5.75 Å². The van der Waals surface area contributed by atoms with E-state index in [0.717, 1.165) is 24.2 Å². The van der Waals surface area contributed by atoms with Crippen LogP contribution in [0.1, 0.15) is 41.4 Å². The molecule has 0 fully saturated rings. The fraction of sp³-hybridized carbons (Fsp3) is 0.346. The Kier molecular flexibility index (Phi) is 7.65. The van der Waals surface area contributed by atoms with Crippen molar-refractivity contribution in [2.24, 2.45) is 13.0 Å². The average Bonchev–Trinajstić information content (AvgIpc) is 3.14. The van der Waals surface area contributed by atoms with Crippen molar-refractivity contribution in [3.05, 3.63) is 76.9 Å². The number of hydrogen-bond donors (Lipinski definition) is 3. The van der Waals surface area contributed by atoms with Crippen molar-refractivity contribution < 1.29 is 26.9 Å². The number of anilines is 1. The van der Waals surface area contributed by atoms with Crippen LogP contribution in [0.15, 0.2) is 47.5 Å². The smallest absolute Gasteiger partial charge is 0.272 e. The quantitative estimate of drug-likeness (QED) is 0.364. The Labute approximate surface area is 214 Å². The van der Waals surface area contributed by atoms with E-state index in [1.54, 1.807) is 14.2 Å². The molecule has 1 unspecified atom stereocenters. The van der Waals surface area contributed by atoms with Crippen molar-refractivity contribution in [3.63, 3.8) is 0 Å². The number of benzene rings is 2. The highest BCUT2D eigenvalue weighted by Gasteiger charge is 2.32. The summed E-state index contributed by atoms with van der Waals surface area (Å²) in [5, 5.41) is 2.38. The molecule has 4 rings (SSSR count). The number of aromatic nitrogens is 1. The Hall–Kier alpha value is -3.31. The number of carbonyl (C=O) groups excluding carboxylic acids is 1. The Morgan fingerprint density at radius 1 is 1.24 bits per heavy atom. The van der Waals surface area contributed by atoms with E-state index in [-0.39, 0.29) is 28.2 Å². The lowest BCUT2D eigenvalue weighted by Gasteiger charge is -2.24. The number of nitrogens with zero attached hydrogens (tertiary/aromatic N) is 1. The maximum absolute atomic E-state index is 13.6. The van der Waals surface area contributed by atoms with Gasteiger partial charge in [-0.3, -0.25) is 4.79 Å². The number of methoxy groups -OCH3 is 1. The summed E-state index contributed by atoms with van der Waals surface area (Å²) in [6, 6.07) is 8.95. The summed E-state index contributed by atoms with van der Waals surface area (Å²) in [5.74, 6) is -4.30. The zero-order chi connectivity index (χ0) is 26.9. The highest BCUT2D eigenvalue weighted by molar-refractivity contribution is 7.90. The Bertz CT molecular complexity index is 1400. The van der Waals surface area contributed by atoms with Crippen LogP contribution in [0.25, 0.3) is 0 Å².